The molecule has 1 aromatic carbocycles. The number of aromatic nitrogens is 2. The van der Waals surface area contributed by atoms with Crippen molar-refractivity contribution in [2.45, 2.75) is 6.42 Å². The van der Waals surface area contributed by atoms with Crippen LogP contribution < -0.4 is 10.2 Å². The smallest absolute Gasteiger partial charge is 0.231 e. The number of nitrogens with one attached hydrogen (secondary N) is 1. The van der Waals surface area contributed by atoms with Crippen LogP contribution in [0.5, 0.6) is 0 Å². The van der Waals surface area contributed by atoms with Crippen molar-refractivity contribution in [2.24, 2.45) is 0 Å². The maximum atomic E-state index is 11.6. The summed E-state index contributed by atoms with van der Waals surface area (Å²) in [6.07, 6.45) is 3.82. The standard InChI is InChI=1S/C13H12N4O/c1-17-11-4-3-10(7-9(11)8-12(17)18)16-13-14-5-2-6-15-13/h2-7H,8H2,1H3,(H,14,15,16). The van der Waals surface area contributed by atoms with Crippen molar-refractivity contribution in [3.63, 3.8) is 0 Å². The van der Waals surface area contributed by atoms with Gasteiger partial charge >= 0.3 is 0 Å². The zero-order valence-electron chi connectivity index (χ0n) is 9.92. The van der Waals surface area contributed by atoms with Crippen LogP contribution in [0.25, 0.3) is 0 Å². The molecule has 5 heteroatoms. The molecule has 0 aliphatic carbocycles. The number of carbonyl (C=O) groups is 1. The number of carbonyl (C=O) groups excluding carboxylic acids is 1. The van der Waals surface area contributed by atoms with E-state index in [9.17, 15) is 4.79 Å². The molecule has 1 amide bonds. The van der Waals surface area contributed by atoms with Crippen LogP contribution in [-0.2, 0) is 11.2 Å². The molecular formula is C13H12N4O. The average molecular weight is 240 g/mol. The van der Waals surface area contributed by atoms with Crippen molar-refractivity contribution < 1.29 is 4.79 Å². The molecule has 18 heavy (non-hydrogen) atoms. The number of rotatable bonds is 2. The first-order valence-electron chi connectivity index (χ1n) is 5.67. The lowest BCUT2D eigenvalue weighted by molar-refractivity contribution is -0.117. The molecular weight excluding hydrogens is 228 g/mol. The summed E-state index contributed by atoms with van der Waals surface area (Å²) < 4.78 is 0. The maximum absolute atomic E-state index is 11.6. The Labute approximate surface area is 104 Å². The zero-order chi connectivity index (χ0) is 12.5. The minimum absolute atomic E-state index is 0.123. The van der Waals surface area contributed by atoms with E-state index in [-0.39, 0.29) is 5.91 Å². The van der Waals surface area contributed by atoms with Crippen molar-refractivity contribution in [3.8, 4) is 0 Å². The van der Waals surface area contributed by atoms with Crippen LogP contribution in [0.15, 0.2) is 36.7 Å². The molecule has 1 N–H and O–H groups in total. The first-order chi connectivity index (χ1) is 8.74. The second kappa shape index (κ2) is 4.10. The van der Waals surface area contributed by atoms with Gasteiger partial charge in [0.25, 0.3) is 0 Å². The van der Waals surface area contributed by atoms with Crippen molar-refractivity contribution in [3.05, 3.63) is 42.2 Å². The van der Waals surface area contributed by atoms with Gasteiger partial charge in [-0.15, -0.1) is 0 Å². The molecule has 2 aromatic rings. The number of fused-ring (bicyclic) bond motifs is 1. The van der Waals surface area contributed by atoms with E-state index in [1.807, 2.05) is 18.2 Å². The number of hydrogen-bond donors (Lipinski definition) is 1. The summed E-state index contributed by atoms with van der Waals surface area (Å²) in [4.78, 5) is 21.5. The Balaban J connectivity index is 1.88. The molecule has 0 atom stereocenters. The first kappa shape index (κ1) is 10.7. The molecule has 2 heterocycles. The van der Waals surface area contributed by atoms with Crippen LogP contribution in [0.1, 0.15) is 5.56 Å². The number of nitrogens with zero attached hydrogens (tertiary/aromatic N) is 3. The summed E-state index contributed by atoms with van der Waals surface area (Å²) in [7, 11) is 1.79. The van der Waals surface area contributed by atoms with Gasteiger partial charge in [0.15, 0.2) is 0 Å². The fraction of sp³-hybridized carbons (Fsp3) is 0.154. The van der Waals surface area contributed by atoms with Crippen LogP contribution in [0.4, 0.5) is 17.3 Å². The lowest BCUT2D eigenvalue weighted by Gasteiger charge is -2.10. The van der Waals surface area contributed by atoms with Crippen LogP contribution >= 0.6 is 0 Å². The predicted molar refractivity (Wildman–Crippen MR) is 68.9 cm³/mol. The Morgan fingerprint density at radius 3 is 2.83 bits per heavy atom. The minimum Gasteiger partial charge on any atom is -0.324 e. The Hall–Kier alpha value is -2.43. The summed E-state index contributed by atoms with van der Waals surface area (Å²) in [5, 5.41) is 3.11. The minimum atomic E-state index is 0.123. The summed E-state index contributed by atoms with van der Waals surface area (Å²) in [6.45, 7) is 0. The molecule has 0 radical (unpaired) electrons. The molecule has 0 saturated carbocycles. The van der Waals surface area contributed by atoms with Gasteiger partial charge in [-0.3, -0.25) is 4.79 Å². The summed E-state index contributed by atoms with van der Waals surface area (Å²) in [6, 6.07) is 7.59. The third kappa shape index (κ3) is 1.79. The normalized spacial score (nSPS) is 13.6. The number of benzene rings is 1. The van der Waals surface area contributed by atoms with Crippen molar-refractivity contribution >= 4 is 23.2 Å². The van der Waals surface area contributed by atoms with Gasteiger partial charge in [-0.05, 0) is 29.8 Å². The Morgan fingerprint density at radius 1 is 1.28 bits per heavy atom. The lowest BCUT2D eigenvalue weighted by atomic mass is 10.1. The Morgan fingerprint density at radius 2 is 2.06 bits per heavy atom. The van der Waals surface area contributed by atoms with E-state index < -0.39 is 0 Å². The van der Waals surface area contributed by atoms with E-state index in [0.717, 1.165) is 16.9 Å². The third-order valence-electron chi connectivity index (χ3n) is 2.98. The van der Waals surface area contributed by atoms with Gasteiger partial charge in [0.1, 0.15) is 0 Å². The second-order valence-corrected chi connectivity index (χ2v) is 4.17. The van der Waals surface area contributed by atoms with Gasteiger partial charge in [-0.2, -0.15) is 0 Å². The van der Waals surface area contributed by atoms with E-state index in [1.165, 1.54) is 0 Å². The van der Waals surface area contributed by atoms with E-state index in [2.05, 4.69) is 15.3 Å². The Kier molecular flexibility index (Phi) is 2.44. The second-order valence-electron chi connectivity index (χ2n) is 4.17. The van der Waals surface area contributed by atoms with E-state index in [1.54, 1.807) is 30.4 Å². The largest absolute Gasteiger partial charge is 0.324 e. The van der Waals surface area contributed by atoms with Crippen molar-refractivity contribution in [1.29, 1.82) is 0 Å². The molecule has 1 aliphatic rings. The topological polar surface area (TPSA) is 58.1 Å². The number of amides is 1. The van der Waals surface area contributed by atoms with E-state index in [4.69, 9.17) is 0 Å². The van der Waals surface area contributed by atoms with Gasteiger partial charge in [-0.25, -0.2) is 9.97 Å². The quantitative estimate of drug-likeness (QED) is 0.868. The highest BCUT2D eigenvalue weighted by Crippen LogP contribution is 2.30. The maximum Gasteiger partial charge on any atom is 0.231 e. The molecule has 3 rings (SSSR count). The van der Waals surface area contributed by atoms with Crippen molar-refractivity contribution in [2.75, 3.05) is 17.3 Å². The zero-order valence-corrected chi connectivity index (χ0v) is 9.92. The van der Waals surface area contributed by atoms with Crippen LogP contribution in [0.2, 0.25) is 0 Å². The first-order valence-corrected chi connectivity index (χ1v) is 5.67. The SMILES string of the molecule is CN1C(=O)Cc2cc(Nc3ncccn3)ccc21. The molecule has 0 fully saturated rings. The summed E-state index contributed by atoms with van der Waals surface area (Å²) in [5.41, 5.74) is 2.89. The molecule has 1 aliphatic heterocycles. The fourth-order valence-electron chi connectivity index (χ4n) is 2.04. The van der Waals surface area contributed by atoms with Crippen molar-refractivity contribution in [1.82, 2.24) is 9.97 Å². The van der Waals surface area contributed by atoms with Gasteiger partial charge in [0.2, 0.25) is 11.9 Å². The van der Waals surface area contributed by atoms with Crippen LogP contribution in [0.3, 0.4) is 0 Å². The molecule has 0 unspecified atom stereocenters. The lowest BCUT2D eigenvalue weighted by Crippen LogP contribution is -2.20. The van der Waals surface area contributed by atoms with Gasteiger partial charge in [0.05, 0.1) is 6.42 Å². The van der Waals surface area contributed by atoms with E-state index >= 15 is 0 Å². The van der Waals surface area contributed by atoms with E-state index in [0.29, 0.717) is 12.4 Å². The number of hydrogen-bond acceptors (Lipinski definition) is 4. The number of likely N-dealkylation sites (N-methyl/N-ethyl adjacent to an activating group) is 1. The average Bonchev–Trinajstić information content (AvgIpc) is 2.66. The van der Waals surface area contributed by atoms with Crippen LogP contribution in [-0.4, -0.2) is 22.9 Å². The molecule has 0 saturated heterocycles. The fourth-order valence-corrected chi connectivity index (χ4v) is 2.04. The van der Waals surface area contributed by atoms with Gasteiger partial charge in [0, 0.05) is 30.8 Å². The highest BCUT2D eigenvalue weighted by Gasteiger charge is 2.23. The molecule has 5 nitrogen and oxygen atoms in total. The highest BCUT2D eigenvalue weighted by molar-refractivity contribution is 6.01. The predicted octanol–water partition coefficient (Wildman–Crippen LogP) is 1.74. The van der Waals surface area contributed by atoms with Gasteiger partial charge < -0.3 is 10.2 Å². The monoisotopic (exact) mass is 240 g/mol. The summed E-state index contributed by atoms with van der Waals surface area (Å²) >= 11 is 0. The Bertz CT molecular complexity index is 597. The number of anilines is 3. The van der Waals surface area contributed by atoms with Gasteiger partial charge in [-0.1, -0.05) is 0 Å². The molecule has 0 spiro atoms. The third-order valence-corrected chi connectivity index (χ3v) is 2.98. The summed E-state index contributed by atoms with van der Waals surface area (Å²) in [5.74, 6) is 0.674. The molecule has 0 bridgehead atoms. The highest BCUT2D eigenvalue weighted by atomic mass is 16.2. The molecule has 90 valence electrons. The van der Waals surface area contributed by atoms with Crippen LogP contribution in [0, 0.1) is 0 Å². The molecule has 1 aromatic heterocycles.